The van der Waals surface area contributed by atoms with Gasteiger partial charge in [-0.15, -0.1) is 0 Å². The highest BCUT2D eigenvalue weighted by Gasteiger charge is 2.35. The maximum Gasteiger partial charge on any atom is 0.226 e. The third-order valence-corrected chi connectivity index (χ3v) is 5.40. The highest BCUT2D eigenvalue weighted by Crippen LogP contribution is 2.34. The molecule has 2 saturated heterocycles. The van der Waals surface area contributed by atoms with E-state index in [1.807, 2.05) is 12.1 Å². The van der Waals surface area contributed by atoms with E-state index < -0.39 is 0 Å². The van der Waals surface area contributed by atoms with E-state index >= 15 is 0 Å². The van der Waals surface area contributed by atoms with E-state index in [9.17, 15) is 4.79 Å². The van der Waals surface area contributed by atoms with Gasteiger partial charge in [0.1, 0.15) is 0 Å². The first kappa shape index (κ1) is 16.1. The molecule has 2 aromatic rings. The summed E-state index contributed by atoms with van der Waals surface area (Å²) in [4.78, 5) is 26.0. The van der Waals surface area contributed by atoms with Gasteiger partial charge in [-0.1, -0.05) is 30.3 Å². The molecular formula is C20H24N4O. The topological polar surface area (TPSA) is 49.3 Å². The Morgan fingerprint density at radius 3 is 2.36 bits per heavy atom. The Hall–Kier alpha value is -2.43. The van der Waals surface area contributed by atoms with Crippen LogP contribution < -0.4 is 4.90 Å². The molecule has 2 aliphatic heterocycles. The Morgan fingerprint density at radius 2 is 1.64 bits per heavy atom. The summed E-state index contributed by atoms with van der Waals surface area (Å²) in [7, 11) is 0. The molecule has 130 valence electrons. The van der Waals surface area contributed by atoms with Gasteiger partial charge < -0.3 is 9.80 Å². The Kier molecular flexibility index (Phi) is 4.63. The van der Waals surface area contributed by atoms with Crippen molar-refractivity contribution in [1.82, 2.24) is 14.9 Å². The average Bonchev–Trinajstić information content (AvgIpc) is 3.19. The fourth-order valence-corrected chi connectivity index (χ4v) is 4.07. The second kappa shape index (κ2) is 7.21. The van der Waals surface area contributed by atoms with Gasteiger partial charge in [0.15, 0.2) is 0 Å². The highest BCUT2D eigenvalue weighted by atomic mass is 16.2. The zero-order valence-corrected chi connectivity index (χ0v) is 14.4. The van der Waals surface area contributed by atoms with E-state index in [4.69, 9.17) is 0 Å². The first-order valence-corrected chi connectivity index (χ1v) is 9.20. The van der Waals surface area contributed by atoms with Crippen molar-refractivity contribution in [3.8, 4) is 0 Å². The number of hydrogen-bond acceptors (Lipinski definition) is 4. The molecule has 1 amide bonds. The zero-order chi connectivity index (χ0) is 17.1. The van der Waals surface area contributed by atoms with Crippen LogP contribution in [0.1, 0.15) is 37.3 Å². The molecule has 4 rings (SSSR count). The van der Waals surface area contributed by atoms with E-state index in [-0.39, 0.29) is 12.0 Å². The van der Waals surface area contributed by atoms with Gasteiger partial charge in [0.25, 0.3) is 0 Å². The molecule has 1 aromatic carbocycles. The maximum atomic E-state index is 13.1. The average molecular weight is 336 g/mol. The molecule has 0 saturated carbocycles. The van der Waals surface area contributed by atoms with Crippen molar-refractivity contribution in [2.45, 2.75) is 31.7 Å². The molecule has 0 aliphatic carbocycles. The van der Waals surface area contributed by atoms with Gasteiger partial charge in [0.2, 0.25) is 11.9 Å². The standard InChI is InChI=1S/C20H24N4O/c25-19(24-13-4-8-18(24)16-6-2-1-3-7-16)17-9-14-23(15-10-17)20-21-11-5-12-22-20/h1-3,5-7,11-12,17-18H,4,8-10,13-15H2. The van der Waals surface area contributed by atoms with Crippen LogP contribution in [-0.4, -0.2) is 40.4 Å². The van der Waals surface area contributed by atoms with Crippen LogP contribution in [0.3, 0.4) is 0 Å². The maximum absolute atomic E-state index is 13.1. The van der Waals surface area contributed by atoms with Crippen molar-refractivity contribution < 1.29 is 4.79 Å². The Bertz CT molecular complexity index is 698. The van der Waals surface area contributed by atoms with Crippen molar-refractivity contribution in [2.75, 3.05) is 24.5 Å². The number of anilines is 1. The largest absolute Gasteiger partial charge is 0.341 e. The van der Waals surface area contributed by atoms with Gasteiger partial charge in [-0.05, 0) is 37.3 Å². The van der Waals surface area contributed by atoms with Crippen molar-refractivity contribution in [3.63, 3.8) is 0 Å². The molecule has 1 aromatic heterocycles. The number of hydrogen-bond donors (Lipinski definition) is 0. The molecule has 3 heterocycles. The lowest BCUT2D eigenvalue weighted by Crippen LogP contribution is -2.42. The van der Waals surface area contributed by atoms with Crippen molar-refractivity contribution in [1.29, 1.82) is 0 Å². The second-order valence-electron chi connectivity index (χ2n) is 6.91. The van der Waals surface area contributed by atoms with Gasteiger partial charge in [-0.3, -0.25) is 4.79 Å². The number of rotatable bonds is 3. The van der Waals surface area contributed by atoms with E-state index in [0.717, 1.165) is 51.3 Å². The molecule has 25 heavy (non-hydrogen) atoms. The van der Waals surface area contributed by atoms with Gasteiger partial charge in [-0.25, -0.2) is 9.97 Å². The lowest BCUT2D eigenvalue weighted by molar-refractivity contribution is -0.137. The minimum Gasteiger partial charge on any atom is -0.341 e. The minimum absolute atomic E-state index is 0.129. The second-order valence-corrected chi connectivity index (χ2v) is 6.91. The number of piperidine rings is 1. The Morgan fingerprint density at radius 1 is 0.920 bits per heavy atom. The lowest BCUT2D eigenvalue weighted by Gasteiger charge is -2.35. The van der Waals surface area contributed by atoms with Crippen LogP contribution in [0.15, 0.2) is 48.8 Å². The molecule has 2 fully saturated rings. The summed E-state index contributed by atoms with van der Waals surface area (Å²) >= 11 is 0. The van der Waals surface area contributed by atoms with E-state index in [1.54, 1.807) is 12.4 Å². The molecule has 0 bridgehead atoms. The third kappa shape index (κ3) is 3.36. The number of nitrogens with zero attached hydrogens (tertiary/aromatic N) is 4. The fraction of sp³-hybridized carbons (Fsp3) is 0.450. The molecule has 1 atom stereocenters. The normalized spacial score (nSPS) is 21.5. The van der Waals surface area contributed by atoms with Crippen LogP contribution in [0.4, 0.5) is 5.95 Å². The van der Waals surface area contributed by atoms with Crippen LogP contribution >= 0.6 is 0 Å². The summed E-state index contributed by atoms with van der Waals surface area (Å²) in [6, 6.07) is 12.5. The van der Waals surface area contributed by atoms with Crippen LogP contribution in [0, 0.1) is 5.92 Å². The van der Waals surface area contributed by atoms with E-state index in [1.165, 1.54) is 5.56 Å². The quantitative estimate of drug-likeness (QED) is 0.864. The Labute approximate surface area is 148 Å². The molecule has 0 spiro atoms. The van der Waals surface area contributed by atoms with E-state index in [2.05, 4.69) is 44.0 Å². The van der Waals surface area contributed by atoms with Crippen LogP contribution in [0.2, 0.25) is 0 Å². The molecule has 0 radical (unpaired) electrons. The predicted octanol–water partition coefficient (Wildman–Crippen LogP) is 3.06. The number of aromatic nitrogens is 2. The molecule has 5 nitrogen and oxygen atoms in total. The molecule has 1 unspecified atom stereocenters. The highest BCUT2D eigenvalue weighted by molar-refractivity contribution is 5.80. The summed E-state index contributed by atoms with van der Waals surface area (Å²) in [5.74, 6) is 1.24. The number of amides is 1. The van der Waals surface area contributed by atoms with Crippen molar-refractivity contribution in [2.24, 2.45) is 5.92 Å². The van der Waals surface area contributed by atoms with Gasteiger partial charge >= 0.3 is 0 Å². The van der Waals surface area contributed by atoms with Gasteiger partial charge in [0.05, 0.1) is 6.04 Å². The lowest BCUT2D eigenvalue weighted by atomic mass is 9.94. The first-order valence-electron chi connectivity index (χ1n) is 9.20. The summed E-state index contributed by atoms with van der Waals surface area (Å²) < 4.78 is 0. The number of carbonyl (C=O) groups excluding carboxylic acids is 1. The summed E-state index contributed by atoms with van der Waals surface area (Å²) in [6.45, 7) is 2.59. The van der Waals surface area contributed by atoms with Crippen LogP contribution in [-0.2, 0) is 4.79 Å². The van der Waals surface area contributed by atoms with Gasteiger partial charge in [-0.2, -0.15) is 0 Å². The van der Waals surface area contributed by atoms with Gasteiger partial charge in [0, 0.05) is 37.9 Å². The van der Waals surface area contributed by atoms with Crippen LogP contribution in [0.5, 0.6) is 0 Å². The zero-order valence-electron chi connectivity index (χ0n) is 14.4. The summed E-state index contributed by atoms with van der Waals surface area (Å²) in [6.07, 6.45) is 7.49. The molecule has 2 aliphatic rings. The number of benzene rings is 1. The van der Waals surface area contributed by atoms with Crippen molar-refractivity contribution in [3.05, 3.63) is 54.4 Å². The fourth-order valence-electron chi connectivity index (χ4n) is 4.07. The summed E-state index contributed by atoms with van der Waals surface area (Å²) in [5.41, 5.74) is 1.27. The molecule has 5 heteroatoms. The smallest absolute Gasteiger partial charge is 0.226 e. The third-order valence-electron chi connectivity index (χ3n) is 5.40. The predicted molar refractivity (Wildman–Crippen MR) is 97.1 cm³/mol. The number of carbonyl (C=O) groups is 1. The van der Waals surface area contributed by atoms with Crippen molar-refractivity contribution >= 4 is 11.9 Å². The SMILES string of the molecule is O=C(C1CCN(c2ncccn2)CC1)N1CCCC1c1ccccc1. The monoisotopic (exact) mass is 336 g/mol. The van der Waals surface area contributed by atoms with E-state index in [0.29, 0.717) is 5.91 Å². The first-order chi connectivity index (χ1) is 12.3. The number of likely N-dealkylation sites (tertiary alicyclic amines) is 1. The summed E-state index contributed by atoms with van der Waals surface area (Å²) in [5, 5.41) is 0. The Balaban J connectivity index is 1.40. The van der Waals surface area contributed by atoms with Crippen LogP contribution in [0.25, 0.3) is 0 Å². The minimum atomic E-state index is 0.129. The molecule has 0 N–H and O–H groups in total. The molecular weight excluding hydrogens is 312 g/mol.